The third kappa shape index (κ3) is 1.97. The van der Waals surface area contributed by atoms with E-state index in [9.17, 15) is 0 Å². The molecule has 0 radical (unpaired) electrons. The SMILES string of the molecule is c1cc(-c2ccc3[nH]nc(-c4cc5ccncc5[nH]4)c3n2)ccn1. The number of hydrogen-bond donors (Lipinski definition) is 2. The molecule has 0 aromatic carbocycles. The van der Waals surface area contributed by atoms with Gasteiger partial charge in [-0.1, -0.05) is 0 Å². The molecule has 0 spiro atoms. The molecule has 0 aliphatic rings. The van der Waals surface area contributed by atoms with E-state index in [1.54, 1.807) is 18.6 Å². The van der Waals surface area contributed by atoms with E-state index < -0.39 is 0 Å². The van der Waals surface area contributed by atoms with Crippen molar-refractivity contribution in [3.63, 3.8) is 0 Å². The monoisotopic (exact) mass is 312 g/mol. The number of rotatable bonds is 2. The average Bonchev–Trinajstić information content (AvgIpc) is 3.25. The van der Waals surface area contributed by atoms with Gasteiger partial charge in [0.2, 0.25) is 0 Å². The molecule has 5 aromatic rings. The summed E-state index contributed by atoms with van der Waals surface area (Å²) in [5.41, 5.74) is 6.36. The first-order valence-corrected chi connectivity index (χ1v) is 7.57. The largest absolute Gasteiger partial charge is 0.352 e. The van der Waals surface area contributed by atoms with E-state index in [-0.39, 0.29) is 0 Å². The van der Waals surface area contributed by atoms with Crippen LogP contribution in [-0.4, -0.2) is 30.1 Å². The maximum Gasteiger partial charge on any atom is 0.135 e. The Hall–Kier alpha value is -3.54. The van der Waals surface area contributed by atoms with Gasteiger partial charge in [-0.15, -0.1) is 0 Å². The molecule has 0 saturated carbocycles. The second-order valence-electron chi connectivity index (χ2n) is 5.55. The van der Waals surface area contributed by atoms with Crippen LogP contribution in [-0.2, 0) is 0 Å². The third-order valence-electron chi connectivity index (χ3n) is 4.06. The van der Waals surface area contributed by atoms with Crippen LogP contribution in [0.1, 0.15) is 0 Å². The maximum absolute atomic E-state index is 4.79. The Bertz CT molecular complexity index is 1120. The van der Waals surface area contributed by atoms with E-state index >= 15 is 0 Å². The smallest absolute Gasteiger partial charge is 0.135 e. The summed E-state index contributed by atoms with van der Waals surface area (Å²) in [6, 6.07) is 11.9. The molecule has 6 heteroatoms. The average molecular weight is 312 g/mol. The van der Waals surface area contributed by atoms with Gasteiger partial charge < -0.3 is 4.98 Å². The van der Waals surface area contributed by atoms with E-state index in [0.29, 0.717) is 0 Å². The van der Waals surface area contributed by atoms with Gasteiger partial charge in [0.15, 0.2) is 0 Å². The zero-order chi connectivity index (χ0) is 15.9. The fourth-order valence-electron chi connectivity index (χ4n) is 2.87. The highest BCUT2D eigenvalue weighted by Gasteiger charge is 2.13. The van der Waals surface area contributed by atoms with E-state index in [0.717, 1.165) is 44.6 Å². The number of nitrogens with one attached hydrogen (secondary N) is 2. The maximum atomic E-state index is 4.79. The van der Waals surface area contributed by atoms with E-state index in [2.05, 4.69) is 31.2 Å². The van der Waals surface area contributed by atoms with Crippen LogP contribution in [0.5, 0.6) is 0 Å². The van der Waals surface area contributed by atoms with Crippen molar-refractivity contribution >= 4 is 21.9 Å². The summed E-state index contributed by atoms with van der Waals surface area (Å²) in [4.78, 5) is 16.3. The zero-order valence-electron chi connectivity index (χ0n) is 12.6. The van der Waals surface area contributed by atoms with Crippen molar-refractivity contribution in [1.29, 1.82) is 0 Å². The zero-order valence-corrected chi connectivity index (χ0v) is 12.6. The van der Waals surface area contributed by atoms with Crippen LogP contribution in [0.25, 0.3) is 44.6 Å². The van der Waals surface area contributed by atoms with Gasteiger partial charge >= 0.3 is 0 Å². The van der Waals surface area contributed by atoms with E-state index in [4.69, 9.17) is 4.98 Å². The molecule has 0 aliphatic heterocycles. The van der Waals surface area contributed by atoms with Gasteiger partial charge in [-0.3, -0.25) is 15.1 Å². The Balaban J connectivity index is 1.71. The van der Waals surface area contributed by atoms with Gasteiger partial charge in [0.1, 0.15) is 11.2 Å². The Labute approximate surface area is 136 Å². The fraction of sp³-hybridized carbons (Fsp3) is 0. The number of hydrogen-bond acceptors (Lipinski definition) is 4. The van der Waals surface area contributed by atoms with Crippen molar-refractivity contribution in [2.45, 2.75) is 0 Å². The number of aromatic amines is 2. The molecule has 2 N–H and O–H groups in total. The number of aromatic nitrogens is 6. The quantitative estimate of drug-likeness (QED) is 0.522. The van der Waals surface area contributed by atoms with Crippen LogP contribution < -0.4 is 0 Å². The molecule has 0 saturated heterocycles. The molecule has 0 aliphatic carbocycles. The lowest BCUT2D eigenvalue weighted by molar-refractivity contribution is 1.12. The topological polar surface area (TPSA) is 83.1 Å². The van der Waals surface area contributed by atoms with Crippen molar-refractivity contribution in [3.05, 3.63) is 61.2 Å². The lowest BCUT2D eigenvalue weighted by Crippen LogP contribution is -1.86. The van der Waals surface area contributed by atoms with Gasteiger partial charge in [-0.2, -0.15) is 5.10 Å². The normalized spacial score (nSPS) is 11.3. The number of pyridine rings is 3. The van der Waals surface area contributed by atoms with Gasteiger partial charge in [-0.05, 0) is 36.4 Å². The molecule has 0 bridgehead atoms. The summed E-state index contributed by atoms with van der Waals surface area (Å²) in [6.45, 7) is 0. The first-order valence-electron chi connectivity index (χ1n) is 7.57. The van der Waals surface area contributed by atoms with Crippen molar-refractivity contribution in [3.8, 4) is 22.6 Å². The highest BCUT2D eigenvalue weighted by atomic mass is 15.1. The van der Waals surface area contributed by atoms with Gasteiger partial charge in [-0.25, -0.2) is 4.98 Å². The number of nitrogens with zero attached hydrogens (tertiary/aromatic N) is 4. The summed E-state index contributed by atoms with van der Waals surface area (Å²) in [7, 11) is 0. The summed E-state index contributed by atoms with van der Waals surface area (Å²) in [6.07, 6.45) is 7.12. The molecule has 24 heavy (non-hydrogen) atoms. The predicted molar refractivity (Wildman–Crippen MR) is 92.2 cm³/mol. The van der Waals surface area contributed by atoms with Crippen LogP contribution in [0, 0.1) is 0 Å². The minimum atomic E-state index is 0.803. The van der Waals surface area contributed by atoms with Crippen LogP contribution in [0.3, 0.4) is 0 Å². The molecule has 6 nitrogen and oxygen atoms in total. The van der Waals surface area contributed by atoms with Crippen molar-refractivity contribution < 1.29 is 0 Å². The van der Waals surface area contributed by atoms with Crippen molar-refractivity contribution in [2.24, 2.45) is 0 Å². The molecular formula is C18H12N6. The Kier molecular flexibility index (Phi) is 2.69. The molecule has 0 amide bonds. The number of fused-ring (bicyclic) bond motifs is 2. The van der Waals surface area contributed by atoms with Crippen LogP contribution >= 0.6 is 0 Å². The van der Waals surface area contributed by atoms with Gasteiger partial charge in [0.25, 0.3) is 0 Å². The van der Waals surface area contributed by atoms with E-state index in [1.165, 1.54) is 0 Å². The molecule has 114 valence electrons. The second kappa shape index (κ2) is 4.99. The number of H-pyrrole nitrogens is 2. The van der Waals surface area contributed by atoms with Gasteiger partial charge in [0, 0.05) is 29.5 Å². The molecule has 5 aromatic heterocycles. The summed E-state index contributed by atoms with van der Waals surface area (Å²) < 4.78 is 0. The molecule has 5 rings (SSSR count). The second-order valence-corrected chi connectivity index (χ2v) is 5.55. The standard InChI is InChI=1S/C18H12N6/c1-2-14-17(22-13(1)11-3-6-19-7-4-11)18(24-23-14)15-9-12-5-8-20-10-16(12)21-15/h1-10,21H,(H,23,24). The lowest BCUT2D eigenvalue weighted by Gasteiger charge is -2.00. The minimum Gasteiger partial charge on any atom is -0.352 e. The Morgan fingerprint density at radius 1 is 0.833 bits per heavy atom. The molecule has 5 heterocycles. The Morgan fingerprint density at radius 3 is 2.58 bits per heavy atom. The summed E-state index contributed by atoms with van der Waals surface area (Å²) in [5, 5.41) is 8.59. The highest BCUT2D eigenvalue weighted by Crippen LogP contribution is 2.29. The third-order valence-corrected chi connectivity index (χ3v) is 4.06. The van der Waals surface area contributed by atoms with E-state index in [1.807, 2.05) is 36.5 Å². The van der Waals surface area contributed by atoms with Gasteiger partial charge in [0.05, 0.1) is 28.6 Å². The summed E-state index contributed by atoms with van der Waals surface area (Å²) >= 11 is 0. The van der Waals surface area contributed by atoms with Crippen molar-refractivity contribution in [1.82, 2.24) is 30.1 Å². The minimum absolute atomic E-state index is 0.803. The first-order chi connectivity index (χ1) is 11.9. The fourth-order valence-corrected chi connectivity index (χ4v) is 2.87. The molecule has 0 fully saturated rings. The first kappa shape index (κ1) is 13.0. The lowest BCUT2D eigenvalue weighted by atomic mass is 10.1. The van der Waals surface area contributed by atoms with Crippen LogP contribution in [0.2, 0.25) is 0 Å². The van der Waals surface area contributed by atoms with Crippen molar-refractivity contribution in [2.75, 3.05) is 0 Å². The summed E-state index contributed by atoms with van der Waals surface area (Å²) in [5.74, 6) is 0. The molecule has 0 unspecified atom stereocenters. The Morgan fingerprint density at radius 2 is 1.71 bits per heavy atom. The predicted octanol–water partition coefficient (Wildman–Crippen LogP) is 3.56. The van der Waals surface area contributed by atoms with Crippen LogP contribution in [0.4, 0.5) is 0 Å². The molecular weight excluding hydrogens is 300 g/mol. The molecule has 0 atom stereocenters. The van der Waals surface area contributed by atoms with Crippen LogP contribution in [0.15, 0.2) is 61.2 Å². The highest BCUT2D eigenvalue weighted by molar-refractivity contribution is 5.94.